The first-order valence-electron chi connectivity index (χ1n) is 5.94. The lowest BCUT2D eigenvalue weighted by Crippen LogP contribution is -2.29. The Morgan fingerprint density at radius 1 is 1.28 bits per heavy atom. The number of benzene rings is 1. The Labute approximate surface area is 113 Å². The molecule has 1 aliphatic heterocycles. The van der Waals surface area contributed by atoms with Crippen LogP contribution in [0.15, 0.2) is 23.1 Å². The van der Waals surface area contributed by atoms with Gasteiger partial charge in [-0.15, -0.1) is 0 Å². The summed E-state index contributed by atoms with van der Waals surface area (Å²) in [6, 6.07) is 5.07. The van der Waals surface area contributed by atoms with E-state index in [9.17, 15) is 8.42 Å². The molecule has 1 aromatic carbocycles. The van der Waals surface area contributed by atoms with Crippen molar-refractivity contribution in [2.45, 2.75) is 11.3 Å². The monoisotopic (exact) mass is 288 g/mol. The van der Waals surface area contributed by atoms with E-state index in [-0.39, 0.29) is 0 Å². The van der Waals surface area contributed by atoms with Gasteiger partial charge in [-0.2, -0.15) is 0 Å². The van der Waals surface area contributed by atoms with E-state index in [1.165, 1.54) is 12.3 Å². The number of hydrogen-bond donors (Lipinski definition) is 1. The minimum Gasteiger partial charge on any atom is -0.369 e. The minimum atomic E-state index is -3.26. The molecule has 0 radical (unpaired) electrons. The summed E-state index contributed by atoms with van der Waals surface area (Å²) < 4.78 is 23.7. The fourth-order valence-corrected chi connectivity index (χ4v) is 3.29. The Morgan fingerprint density at radius 2 is 2.06 bits per heavy atom. The summed E-state index contributed by atoms with van der Waals surface area (Å²) in [5, 5.41) is 3.75. The summed E-state index contributed by atoms with van der Waals surface area (Å²) in [6.07, 6.45) is 2.23. The molecule has 2 rings (SSSR count). The fourth-order valence-electron chi connectivity index (χ4n) is 2.13. The molecule has 0 aromatic heterocycles. The number of halogens is 1. The topological polar surface area (TPSA) is 49.4 Å². The Bertz CT molecular complexity index is 523. The van der Waals surface area contributed by atoms with Crippen LogP contribution in [0.25, 0.3) is 0 Å². The third kappa shape index (κ3) is 3.16. The highest BCUT2D eigenvalue weighted by atomic mass is 35.5. The molecule has 0 unspecified atom stereocenters. The molecule has 1 aliphatic rings. The largest absolute Gasteiger partial charge is 0.369 e. The Kier molecular flexibility index (Phi) is 4.14. The second-order valence-corrected chi connectivity index (χ2v) is 6.90. The first-order valence-corrected chi connectivity index (χ1v) is 8.21. The first kappa shape index (κ1) is 13.6. The standard InChI is InChI=1S/C12H17ClN2O2S/c1-18(16,17)12-9-10(13)3-4-11(12)15-7-2-5-14-6-8-15/h3-4,9,14H,2,5-8H2,1H3. The highest BCUT2D eigenvalue weighted by Gasteiger charge is 2.19. The van der Waals surface area contributed by atoms with E-state index >= 15 is 0 Å². The lowest BCUT2D eigenvalue weighted by molar-refractivity contribution is 0.601. The third-order valence-corrected chi connectivity index (χ3v) is 4.36. The SMILES string of the molecule is CS(=O)(=O)c1cc(Cl)ccc1N1CCCNCC1. The van der Waals surface area contributed by atoms with E-state index in [1.54, 1.807) is 12.1 Å². The highest BCUT2D eigenvalue weighted by Crippen LogP contribution is 2.28. The Balaban J connectivity index is 2.43. The van der Waals surface area contributed by atoms with Gasteiger partial charge < -0.3 is 10.2 Å². The molecule has 1 heterocycles. The number of hydrogen-bond acceptors (Lipinski definition) is 4. The molecular formula is C12H17ClN2O2S. The summed E-state index contributed by atoms with van der Waals surface area (Å²) >= 11 is 5.90. The zero-order valence-corrected chi connectivity index (χ0v) is 11.9. The van der Waals surface area contributed by atoms with Gasteiger partial charge in [-0.25, -0.2) is 8.42 Å². The molecule has 1 aromatic rings. The van der Waals surface area contributed by atoms with Crippen LogP contribution >= 0.6 is 11.6 Å². The lowest BCUT2D eigenvalue weighted by Gasteiger charge is -2.24. The van der Waals surface area contributed by atoms with E-state index in [4.69, 9.17) is 11.6 Å². The second-order valence-electron chi connectivity index (χ2n) is 4.47. The van der Waals surface area contributed by atoms with Gasteiger partial charge in [0.05, 0.1) is 10.6 Å². The van der Waals surface area contributed by atoms with Gasteiger partial charge in [-0.05, 0) is 31.2 Å². The van der Waals surface area contributed by atoms with Crippen molar-refractivity contribution in [2.75, 3.05) is 37.3 Å². The zero-order valence-electron chi connectivity index (χ0n) is 10.3. The molecule has 0 aliphatic carbocycles. The summed E-state index contributed by atoms with van der Waals surface area (Å²) in [4.78, 5) is 2.42. The summed E-state index contributed by atoms with van der Waals surface area (Å²) in [5.74, 6) is 0. The van der Waals surface area contributed by atoms with Crippen molar-refractivity contribution < 1.29 is 8.42 Å². The van der Waals surface area contributed by atoms with Gasteiger partial charge in [-0.3, -0.25) is 0 Å². The van der Waals surface area contributed by atoms with Crippen molar-refractivity contribution in [3.8, 4) is 0 Å². The molecule has 0 amide bonds. The van der Waals surface area contributed by atoms with Crippen LogP contribution in [0.3, 0.4) is 0 Å². The van der Waals surface area contributed by atoms with Crippen molar-refractivity contribution >= 4 is 27.1 Å². The predicted octanol–water partition coefficient (Wildman–Crippen LogP) is 1.54. The number of anilines is 1. The van der Waals surface area contributed by atoms with E-state index in [0.717, 1.165) is 38.3 Å². The van der Waals surface area contributed by atoms with Crippen LogP contribution in [0.2, 0.25) is 5.02 Å². The van der Waals surface area contributed by atoms with Gasteiger partial charge in [0.2, 0.25) is 0 Å². The predicted molar refractivity (Wildman–Crippen MR) is 74.3 cm³/mol. The molecule has 0 bridgehead atoms. The molecule has 0 atom stereocenters. The second kappa shape index (κ2) is 5.47. The van der Waals surface area contributed by atoms with Crippen molar-refractivity contribution in [2.24, 2.45) is 0 Å². The smallest absolute Gasteiger partial charge is 0.177 e. The van der Waals surface area contributed by atoms with Crippen LogP contribution in [-0.4, -0.2) is 40.9 Å². The summed E-state index contributed by atoms with van der Waals surface area (Å²) in [7, 11) is -3.26. The summed E-state index contributed by atoms with van der Waals surface area (Å²) in [6.45, 7) is 3.51. The number of rotatable bonds is 2. The summed E-state index contributed by atoms with van der Waals surface area (Å²) in [5.41, 5.74) is 0.755. The Hall–Kier alpha value is -0.780. The quantitative estimate of drug-likeness (QED) is 0.897. The van der Waals surface area contributed by atoms with Crippen molar-refractivity contribution in [1.82, 2.24) is 5.32 Å². The molecule has 0 spiro atoms. The van der Waals surface area contributed by atoms with Gasteiger partial charge in [0.15, 0.2) is 9.84 Å². The first-order chi connectivity index (χ1) is 8.48. The molecule has 1 fully saturated rings. The van der Waals surface area contributed by atoms with Crippen LogP contribution in [0.4, 0.5) is 5.69 Å². The average Bonchev–Trinajstić information content (AvgIpc) is 2.56. The maximum absolute atomic E-state index is 11.8. The van der Waals surface area contributed by atoms with Gasteiger partial charge >= 0.3 is 0 Å². The molecule has 18 heavy (non-hydrogen) atoms. The van der Waals surface area contributed by atoms with Gasteiger partial charge in [-0.1, -0.05) is 11.6 Å². The van der Waals surface area contributed by atoms with Crippen LogP contribution in [0, 0.1) is 0 Å². The molecule has 6 heteroatoms. The molecule has 1 N–H and O–H groups in total. The van der Waals surface area contributed by atoms with Gasteiger partial charge in [0.25, 0.3) is 0 Å². The molecule has 1 saturated heterocycles. The van der Waals surface area contributed by atoms with E-state index < -0.39 is 9.84 Å². The van der Waals surface area contributed by atoms with Gasteiger partial charge in [0.1, 0.15) is 0 Å². The number of nitrogens with zero attached hydrogens (tertiary/aromatic N) is 1. The zero-order chi connectivity index (χ0) is 13.2. The van der Waals surface area contributed by atoms with Crippen LogP contribution in [0.5, 0.6) is 0 Å². The number of nitrogens with one attached hydrogen (secondary N) is 1. The Morgan fingerprint density at radius 3 is 2.78 bits per heavy atom. The average molecular weight is 289 g/mol. The van der Waals surface area contributed by atoms with Crippen molar-refractivity contribution in [3.63, 3.8) is 0 Å². The molecule has 0 saturated carbocycles. The maximum Gasteiger partial charge on any atom is 0.177 e. The number of sulfone groups is 1. The normalized spacial score (nSPS) is 17.6. The van der Waals surface area contributed by atoms with E-state index in [2.05, 4.69) is 10.2 Å². The van der Waals surface area contributed by atoms with Crippen LogP contribution < -0.4 is 10.2 Å². The van der Waals surface area contributed by atoms with E-state index in [0.29, 0.717) is 9.92 Å². The van der Waals surface area contributed by atoms with E-state index in [1.807, 2.05) is 0 Å². The van der Waals surface area contributed by atoms with Crippen molar-refractivity contribution in [3.05, 3.63) is 23.2 Å². The van der Waals surface area contributed by atoms with Crippen molar-refractivity contribution in [1.29, 1.82) is 0 Å². The molecule has 4 nitrogen and oxygen atoms in total. The minimum absolute atomic E-state index is 0.317. The van der Waals surface area contributed by atoms with Crippen LogP contribution in [0.1, 0.15) is 6.42 Å². The lowest BCUT2D eigenvalue weighted by atomic mass is 10.2. The van der Waals surface area contributed by atoms with Crippen LogP contribution in [-0.2, 0) is 9.84 Å². The molecule has 100 valence electrons. The maximum atomic E-state index is 11.8. The third-order valence-electron chi connectivity index (χ3n) is 3.00. The fraction of sp³-hybridized carbons (Fsp3) is 0.500. The van der Waals surface area contributed by atoms with Gasteiger partial charge in [0, 0.05) is 30.9 Å². The molecular weight excluding hydrogens is 272 g/mol. The highest BCUT2D eigenvalue weighted by molar-refractivity contribution is 7.90.